The number of aromatic nitrogens is 4. The lowest BCUT2D eigenvalue weighted by atomic mass is 10.2. The van der Waals surface area contributed by atoms with Gasteiger partial charge in [-0.05, 0) is 6.07 Å². The SMILES string of the molecule is Cn1c(C(=O)O)cn2cc(-c3cncc(F)c3)nc12. The van der Waals surface area contributed by atoms with Crippen LogP contribution in [0.1, 0.15) is 10.5 Å². The van der Waals surface area contributed by atoms with E-state index in [9.17, 15) is 9.18 Å². The smallest absolute Gasteiger partial charge is 0.354 e. The van der Waals surface area contributed by atoms with E-state index >= 15 is 0 Å². The van der Waals surface area contributed by atoms with Crippen LogP contribution in [0.3, 0.4) is 0 Å². The molecule has 0 aliphatic rings. The molecule has 0 aliphatic heterocycles. The van der Waals surface area contributed by atoms with Crippen molar-refractivity contribution in [2.45, 2.75) is 0 Å². The van der Waals surface area contributed by atoms with Gasteiger partial charge in [0.05, 0.1) is 11.9 Å². The number of hydrogen-bond acceptors (Lipinski definition) is 3. The van der Waals surface area contributed by atoms with E-state index in [0.29, 0.717) is 17.0 Å². The average molecular weight is 260 g/mol. The van der Waals surface area contributed by atoms with Crippen molar-refractivity contribution in [3.8, 4) is 11.3 Å². The van der Waals surface area contributed by atoms with Gasteiger partial charge in [-0.25, -0.2) is 14.2 Å². The zero-order chi connectivity index (χ0) is 13.6. The maximum atomic E-state index is 13.1. The summed E-state index contributed by atoms with van der Waals surface area (Å²) in [5.74, 6) is -1.00. The summed E-state index contributed by atoms with van der Waals surface area (Å²) in [6, 6.07) is 1.33. The molecule has 0 unspecified atom stereocenters. The molecular weight excluding hydrogens is 251 g/mol. The lowest BCUT2D eigenvalue weighted by Gasteiger charge is -1.96. The van der Waals surface area contributed by atoms with Crippen LogP contribution in [0, 0.1) is 5.82 Å². The normalized spacial score (nSPS) is 11.1. The Labute approximate surface area is 106 Å². The van der Waals surface area contributed by atoms with Crippen molar-refractivity contribution in [3.63, 3.8) is 0 Å². The van der Waals surface area contributed by atoms with E-state index in [0.717, 1.165) is 6.20 Å². The van der Waals surface area contributed by atoms with Gasteiger partial charge in [-0.3, -0.25) is 9.38 Å². The highest BCUT2D eigenvalue weighted by atomic mass is 19.1. The van der Waals surface area contributed by atoms with E-state index in [-0.39, 0.29) is 5.69 Å². The monoisotopic (exact) mass is 260 g/mol. The second-order valence-electron chi connectivity index (χ2n) is 4.10. The lowest BCUT2D eigenvalue weighted by Crippen LogP contribution is -2.04. The molecule has 0 saturated heterocycles. The summed E-state index contributed by atoms with van der Waals surface area (Å²) >= 11 is 0. The summed E-state index contributed by atoms with van der Waals surface area (Å²) in [6.45, 7) is 0. The molecule has 0 spiro atoms. The number of nitrogens with zero attached hydrogens (tertiary/aromatic N) is 4. The Morgan fingerprint density at radius 1 is 1.37 bits per heavy atom. The Morgan fingerprint density at radius 2 is 2.16 bits per heavy atom. The Bertz CT molecular complexity index is 790. The molecule has 96 valence electrons. The number of imidazole rings is 2. The van der Waals surface area contributed by atoms with Crippen LogP contribution < -0.4 is 0 Å². The molecule has 19 heavy (non-hydrogen) atoms. The molecular formula is C12H9FN4O2. The first-order valence-electron chi connectivity index (χ1n) is 5.45. The van der Waals surface area contributed by atoms with Gasteiger partial charge >= 0.3 is 5.97 Å². The molecule has 0 bridgehead atoms. The van der Waals surface area contributed by atoms with Crippen LogP contribution in [0.25, 0.3) is 17.0 Å². The molecule has 0 atom stereocenters. The molecule has 0 aliphatic carbocycles. The van der Waals surface area contributed by atoms with E-state index in [2.05, 4.69) is 9.97 Å². The highest BCUT2D eigenvalue weighted by Gasteiger charge is 2.15. The molecule has 7 heteroatoms. The van der Waals surface area contributed by atoms with Crippen LogP contribution >= 0.6 is 0 Å². The minimum absolute atomic E-state index is 0.131. The van der Waals surface area contributed by atoms with Gasteiger partial charge in [0.15, 0.2) is 0 Å². The first-order chi connectivity index (χ1) is 9.06. The molecule has 3 rings (SSSR count). The summed E-state index contributed by atoms with van der Waals surface area (Å²) in [7, 11) is 1.61. The number of carboxylic acids is 1. The van der Waals surface area contributed by atoms with Gasteiger partial charge in [0, 0.05) is 31.2 Å². The Hall–Kier alpha value is -2.70. The third-order valence-corrected chi connectivity index (χ3v) is 2.86. The zero-order valence-corrected chi connectivity index (χ0v) is 9.91. The highest BCUT2D eigenvalue weighted by molar-refractivity contribution is 5.86. The fourth-order valence-electron chi connectivity index (χ4n) is 1.94. The lowest BCUT2D eigenvalue weighted by molar-refractivity contribution is 0.0686. The maximum absolute atomic E-state index is 13.1. The van der Waals surface area contributed by atoms with E-state index in [4.69, 9.17) is 5.11 Å². The van der Waals surface area contributed by atoms with Gasteiger partial charge in [0.2, 0.25) is 5.78 Å². The Kier molecular flexibility index (Phi) is 2.34. The van der Waals surface area contributed by atoms with Crippen molar-refractivity contribution in [2.75, 3.05) is 0 Å². The summed E-state index contributed by atoms with van der Waals surface area (Å²) in [4.78, 5) is 19.0. The number of hydrogen-bond donors (Lipinski definition) is 1. The number of carboxylic acid groups (broad SMARTS) is 1. The zero-order valence-electron chi connectivity index (χ0n) is 9.91. The van der Waals surface area contributed by atoms with Gasteiger partial charge in [0.1, 0.15) is 11.5 Å². The van der Waals surface area contributed by atoms with Gasteiger partial charge < -0.3 is 9.67 Å². The number of halogens is 1. The predicted octanol–water partition coefficient (Wildman–Crippen LogP) is 1.57. The van der Waals surface area contributed by atoms with Gasteiger partial charge in [-0.15, -0.1) is 0 Å². The number of aryl methyl sites for hydroxylation is 1. The van der Waals surface area contributed by atoms with Crippen LogP contribution in [-0.4, -0.2) is 30.0 Å². The van der Waals surface area contributed by atoms with Crippen molar-refractivity contribution >= 4 is 11.7 Å². The summed E-state index contributed by atoms with van der Waals surface area (Å²) in [5.41, 5.74) is 1.21. The van der Waals surface area contributed by atoms with Crippen molar-refractivity contribution < 1.29 is 14.3 Å². The largest absolute Gasteiger partial charge is 0.477 e. The van der Waals surface area contributed by atoms with Crippen LogP contribution in [-0.2, 0) is 7.05 Å². The van der Waals surface area contributed by atoms with E-state index in [1.165, 1.54) is 23.0 Å². The van der Waals surface area contributed by atoms with Crippen LogP contribution in [0.2, 0.25) is 0 Å². The van der Waals surface area contributed by atoms with Gasteiger partial charge in [-0.1, -0.05) is 0 Å². The summed E-state index contributed by atoms with van der Waals surface area (Å²) in [5, 5.41) is 8.99. The van der Waals surface area contributed by atoms with Crippen molar-refractivity contribution in [3.05, 3.63) is 42.4 Å². The molecule has 0 saturated carbocycles. The van der Waals surface area contributed by atoms with Crippen LogP contribution in [0.5, 0.6) is 0 Å². The standard InChI is InChI=1S/C12H9FN4O2/c1-16-10(11(18)19)6-17-5-9(15-12(16)17)7-2-8(13)4-14-3-7/h2-6H,1H3,(H,18,19). The average Bonchev–Trinajstić information content (AvgIpc) is 2.89. The van der Waals surface area contributed by atoms with E-state index in [1.54, 1.807) is 17.6 Å². The molecule has 0 amide bonds. The first-order valence-corrected chi connectivity index (χ1v) is 5.45. The van der Waals surface area contributed by atoms with Crippen molar-refractivity contribution in [1.29, 1.82) is 0 Å². The minimum Gasteiger partial charge on any atom is -0.477 e. The predicted molar refractivity (Wildman–Crippen MR) is 64.3 cm³/mol. The van der Waals surface area contributed by atoms with Crippen LogP contribution in [0.15, 0.2) is 30.9 Å². The quantitative estimate of drug-likeness (QED) is 0.759. The van der Waals surface area contributed by atoms with Crippen LogP contribution in [0.4, 0.5) is 4.39 Å². The Morgan fingerprint density at radius 3 is 2.79 bits per heavy atom. The molecule has 0 fully saturated rings. The first kappa shape index (κ1) is 11.4. The highest BCUT2D eigenvalue weighted by Crippen LogP contribution is 2.20. The van der Waals surface area contributed by atoms with Gasteiger partial charge in [0.25, 0.3) is 0 Å². The molecule has 0 radical (unpaired) electrons. The second kappa shape index (κ2) is 3.91. The van der Waals surface area contributed by atoms with Gasteiger partial charge in [-0.2, -0.15) is 0 Å². The Balaban J connectivity index is 2.16. The fraction of sp³-hybridized carbons (Fsp3) is 0.0833. The molecule has 1 N–H and O–H groups in total. The molecule has 3 aromatic rings. The number of aromatic carboxylic acids is 1. The minimum atomic E-state index is -1.03. The number of fused-ring (bicyclic) bond motifs is 1. The third-order valence-electron chi connectivity index (χ3n) is 2.86. The molecule has 3 heterocycles. The summed E-state index contributed by atoms with van der Waals surface area (Å²) in [6.07, 6.45) is 5.71. The topological polar surface area (TPSA) is 72.4 Å². The number of carbonyl (C=O) groups is 1. The summed E-state index contributed by atoms with van der Waals surface area (Å²) < 4.78 is 16.1. The van der Waals surface area contributed by atoms with Crippen molar-refractivity contribution in [2.24, 2.45) is 7.05 Å². The molecule has 6 nitrogen and oxygen atoms in total. The maximum Gasteiger partial charge on any atom is 0.354 e. The third kappa shape index (κ3) is 1.75. The van der Waals surface area contributed by atoms with E-state index in [1.807, 2.05) is 0 Å². The van der Waals surface area contributed by atoms with E-state index < -0.39 is 11.8 Å². The molecule has 0 aromatic carbocycles. The fourth-order valence-corrected chi connectivity index (χ4v) is 1.94. The number of rotatable bonds is 2. The molecule has 3 aromatic heterocycles. The van der Waals surface area contributed by atoms with Crippen molar-refractivity contribution in [1.82, 2.24) is 18.9 Å². The second-order valence-corrected chi connectivity index (χ2v) is 4.10. The number of pyridine rings is 1.